The molecule has 1 fully saturated rings. The van der Waals surface area contributed by atoms with Crippen LogP contribution in [0.1, 0.15) is 0 Å². The van der Waals surface area contributed by atoms with Crippen LogP contribution in [0.5, 0.6) is 0 Å². The third-order valence-electron chi connectivity index (χ3n) is 2.43. The van der Waals surface area contributed by atoms with E-state index in [4.69, 9.17) is 0 Å². The SMILES string of the molecule is CN1CC(NC(=O)Nc2ccccc2)C1. The van der Waals surface area contributed by atoms with E-state index in [2.05, 4.69) is 15.5 Å². The zero-order valence-electron chi connectivity index (χ0n) is 8.73. The molecule has 0 radical (unpaired) electrons. The molecule has 0 bridgehead atoms. The van der Waals surface area contributed by atoms with Crippen molar-refractivity contribution in [3.8, 4) is 0 Å². The number of benzene rings is 1. The van der Waals surface area contributed by atoms with E-state index in [0.717, 1.165) is 18.8 Å². The molecule has 0 aromatic heterocycles. The number of urea groups is 1. The number of likely N-dealkylation sites (tertiary alicyclic amines) is 1. The van der Waals surface area contributed by atoms with Gasteiger partial charge in [-0.1, -0.05) is 18.2 Å². The number of likely N-dealkylation sites (N-methyl/N-ethyl adjacent to an activating group) is 1. The minimum atomic E-state index is -0.126. The molecule has 0 atom stereocenters. The van der Waals surface area contributed by atoms with Crippen LogP contribution in [0.4, 0.5) is 10.5 Å². The summed E-state index contributed by atoms with van der Waals surface area (Å²) < 4.78 is 0. The van der Waals surface area contributed by atoms with Gasteiger partial charge < -0.3 is 15.5 Å². The molecule has 1 aliphatic rings. The van der Waals surface area contributed by atoms with E-state index in [0.29, 0.717) is 6.04 Å². The van der Waals surface area contributed by atoms with Crippen molar-refractivity contribution in [2.24, 2.45) is 0 Å². The lowest BCUT2D eigenvalue weighted by atomic mass is 10.1. The number of nitrogens with zero attached hydrogens (tertiary/aromatic N) is 1. The summed E-state index contributed by atoms with van der Waals surface area (Å²) in [5, 5.41) is 5.69. The Morgan fingerprint density at radius 3 is 2.60 bits per heavy atom. The van der Waals surface area contributed by atoms with Crippen LogP contribution in [-0.4, -0.2) is 37.1 Å². The van der Waals surface area contributed by atoms with E-state index < -0.39 is 0 Å². The summed E-state index contributed by atoms with van der Waals surface area (Å²) in [6.07, 6.45) is 0. The maximum absolute atomic E-state index is 11.5. The zero-order valence-corrected chi connectivity index (χ0v) is 8.73. The van der Waals surface area contributed by atoms with E-state index >= 15 is 0 Å². The van der Waals surface area contributed by atoms with Crippen LogP contribution in [0, 0.1) is 0 Å². The van der Waals surface area contributed by atoms with Crippen molar-refractivity contribution in [3.05, 3.63) is 30.3 Å². The fourth-order valence-electron chi connectivity index (χ4n) is 1.66. The van der Waals surface area contributed by atoms with Crippen LogP contribution < -0.4 is 10.6 Å². The molecular formula is C11H15N3O. The van der Waals surface area contributed by atoms with Crippen LogP contribution >= 0.6 is 0 Å². The second-order valence-electron chi connectivity index (χ2n) is 3.88. The number of para-hydroxylation sites is 1. The average molecular weight is 205 g/mol. The van der Waals surface area contributed by atoms with Gasteiger partial charge in [0, 0.05) is 18.8 Å². The minimum Gasteiger partial charge on any atom is -0.333 e. The molecule has 0 spiro atoms. The lowest BCUT2D eigenvalue weighted by molar-refractivity contribution is 0.165. The van der Waals surface area contributed by atoms with Gasteiger partial charge in [0.2, 0.25) is 0 Å². The van der Waals surface area contributed by atoms with Gasteiger partial charge in [0.25, 0.3) is 0 Å². The highest BCUT2D eigenvalue weighted by Crippen LogP contribution is 2.06. The number of anilines is 1. The third kappa shape index (κ3) is 2.70. The molecule has 1 aliphatic heterocycles. The molecule has 1 saturated heterocycles. The first-order chi connectivity index (χ1) is 7.24. The Morgan fingerprint density at radius 1 is 1.33 bits per heavy atom. The van der Waals surface area contributed by atoms with Gasteiger partial charge in [-0.3, -0.25) is 0 Å². The Labute approximate surface area is 89.3 Å². The first kappa shape index (κ1) is 9.98. The van der Waals surface area contributed by atoms with Crippen LogP contribution in [-0.2, 0) is 0 Å². The lowest BCUT2D eigenvalue weighted by Crippen LogP contribution is -2.58. The summed E-state index contributed by atoms with van der Waals surface area (Å²) in [4.78, 5) is 13.6. The minimum absolute atomic E-state index is 0.126. The molecule has 1 aromatic rings. The summed E-state index contributed by atoms with van der Waals surface area (Å²) in [6.45, 7) is 1.87. The number of hydrogen-bond donors (Lipinski definition) is 2. The Bertz CT molecular complexity index is 333. The molecule has 1 heterocycles. The maximum atomic E-state index is 11.5. The van der Waals surface area contributed by atoms with Crippen LogP contribution in [0.15, 0.2) is 30.3 Å². The Balaban J connectivity index is 1.78. The smallest absolute Gasteiger partial charge is 0.319 e. The monoisotopic (exact) mass is 205 g/mol. The summed E-state index contributed by atoms with van der Waals surface area (Å²) in [6, 6.07) is 9.61. The standard InChI is InChI=1S/C11H15N3O/c1-14-7-10(8-14)13-11(15)12-9-5-3-2-4-6-9/h2-6,10H,7-8H2,1H3,(H2,12,13,15). The second-order valence-corrected chi connectivity index (χ2v) is 3.88. The lowest BCUT2D eigenvalue weighted by Gasteiger charge is -2.36. The van der Waals surface area contributed by atoms with Gasteiger partial charge in [0.05, 0.1) is 6.04 Å². The number of carbonyl (C=O) groups excluding carboxylic acids is 1. The van der Waals surface area contributed by atoms with Crippen molar-refractivity contribution >= 4 is 11.7 Å². The molecular weight excluding hydrogens is 190 g/mol. The largest absolute Gasteiger partial charge is 0.333 e. The molecule has 2 rings (SSSR count). The average Bonchev–Trinajstić information content (AvgIpc) is 2.17. The van der Waals surface area contributed by atoms with Crippen molar-refractivity contribution in [1.29, 1.82) is 0 Å². The first-order valence-electron chi connectivity index (χ1n) is 5.05. The number of amides is 2. The highest BCUT2D eigenvalue weighted by atomic mass is 16.2. The molecule has 2 amide bonds. The Kier molecular flexibility index (Phi) is 2.87. The predicted octanol–water partition coefficient (Wildman–Crippen LogP) is 1.12. The molecule has 0 aliphatic carbocycles. The number of carbonyl (C=O) groups is 1. The molecule has 0 saturated carbocycles. The van der Waals surface area contributed by atoms with Crippen molar-refractivity contribution in [2.45, 2.75) is 6.04 Å². The van der Waals surface area contributed by atoms with E-state index in [1.54, 1.807) is 0 Å². The van der Waals surface area contributed by atoms with Gasteiger partial charge in [-0.2, -0.15) is 0 Å². The summed E-state index contributed by atoms with van der Waals surface area (Å²) in [7, 11) is 2.04. The zero-order chi connectivity index (χ0) is 10.7. The molecule has 2 N–H and O–H groups in total. The fourth-order valence-corrected chi connectivity index (χ4v) is 1.66. The molecule has 80 valence electrons. The first-order valence-corrected chi connectivity index (χ1v) is 5.05. The van der Waals surface area contributed by atoms with E-state index in [1.165, 1.54) is 0 Å². The van der Waals surface area contributed by atoms with Gasteiger partial charge in [-0.05, 0) is 19.2 Å². The normalized spacial score (nSPS) is 16.9. The third-order valence-corrected chi connectivity index (χ3v) is 2.43. The second kappa shape index (κ2) is 4.31. The molecule has 1 aromatic carbocycles. The van der Waals surface area contributed by atoms with Crippen molar-refractivity contribution in [2.75, 3.05) is 25.5 Å². The highest BCUT2D eigenvalue weighted by molar-refractivity contribution is 5.89. The number of rotatable bonds is 2. The van der Waals surface area contributed by atoms with Crippen LogP contribution in [0.3, 0.4) is 0 Å². The maximum Gasteiger partial charge on any atom is 0.319 e. The topological polar surface area (TPSA) is 44.4 Å². The van der Waals surface area contributed by atoms with Gasteiger partial charge in [-0.25, -0.2) is 4.79 Å². The number of nitrogens with one attached hydrogen (secondary N) is 2. The van der Waals surface area contributed by atoms with Gasteiger partial charge >= 0.3 is 6.03 Å². The van der Waals surface area contributed by atoms with Gasteiger partial charge in [-0.15, -0.1) is 0 Å². The summed E-state index contributed by atoms with van der Waals surface area (Å²) in [5.41, 5.74) is 0.822. The molecule has 4 heteroatoms. The van der Waals surface area contributed by atoms with E-state index in [-0.39, 0.29) is 6.03 Å². The Hall–Kier alpha value is -1.55. The summed E-state index contributed by atoms with van der Waals surface area (Å²) in [5.74, 6) is 0. The highest BCUT2D eigenvalue weighted by Gasteiger charge is 2.24. The number of hydrogen-bond acceptors (Lipinski definition) is 2. The molecule has 4 nitrogen and oxygen atoms in total. The van der Waals surface area contributed by atoms with Crippen molar-refractivity contribution in [3.63, 3.8) is 0 Å². The summed E-state index contributed by atoms with van der Waals surface area (Å²) >= 11 is 0. The Morgan fingerprint density at radius 2 is 2.00 bits per heavy atom. The van der Waals surface area contributed by atoms with E-state index in [1.807, 2.05) is 37.4 Å². The van der Waals surface area contributed by atoms with Crippen molar-refractivity contribution in [1.82, 2.24) is 10.2 Å². The van der Waals surface area contributed by atoms with Crippen LogP contribution in [0.25, 0.3) is 0 Å². The van der Waals surface area contributed by atoms with Gasteiger partial charge in [0.1, 0.15) is 0 Å². The quantitative estimate of drug-likeness (QED) is 0.760. The molecule has 15 heavy (non-hydrogen) atoms. The van der Waals surface area contributed by atoms with Crippen molar-refractivity contribution < 1.29 is 4.79 Å². The van der Waals surface area contributed by atoms with Gasteiger partial charge in [0.15, 0.2) is 0 Å². The predicted molar refractivity (Wildman–Crippen MR) is 59.9 cm³/mol. The fraction of sp³-hybridized carbons (Fsp3) is 0.364. The van der Waals surface area contributed by atoms with E-state index in [9.17, 15) is 4.79 Å². The van der Waals surface area contributed by atoms with Crippen LogP contribution in [0.2, 0.25) is 0 Å². The molecule has 0 unspecified atom stereocenters.